The molecule has 1 unspecified atom stereocenters. The number of amides is 4. The molecule has 9 nitrogen and oxygen atoms in total. The molecule has 9 heteroatoms. The van der Waals surface area contributed by atoms with Crippen molar-refractivity contribution in [3.05, 3.63) is 70.3 Å². The molecule has 2 fully saturated rings. The number of nitrogens with zero attached hydrogens (tertiary/aromatic N) is 2. The predicted molar refractivity (Wildman–Crippen MR) is 135 cm³/mol. The third-order valence-electron chi connectivity index (χ3n) is 7.26. The first-order valence-corrected chi connectivity index (χ1v) is 12.9. The van der Waals surface area contributed by atoms with Gasteiger partial charge in [0.1, 0.15) is 6.04 Å². The van der Waals surface area contributed by atoms with Gasteiger partial charge in [0.15, 0.2) is 0 Å². The first-order chi connectivity index (χ1) is 18.0. The zero-order valence-electron chi connectivity index (χ0n) is 20.8. The molecule has 5 rings (SSSR count). The first-order valence-electron chi connectivity index (χ1n) is 12.9. The van der Waals surface area contributed by atoms with Crippen LogP contribution in [0.3, 0.4) is 0 Å². The maximum atomic E-state index is 13.0. The number of piperidine rings is 1. The fourth-order valence-electron chi connectivity index (χ4n) is 5.18. The van der Waals surface area contributed by atoms with Gasteiger partial charge in [-0.05, 0) is 41.2 Å². The molecule has 2 saturated heterocycles. The molecule has 0 radical (unpaired) electrons. The number of fused-ring (bicyclic) bond motifs is 1. The van der Waals surface area contributed by atoms with Crippen LogP contribution in [0, 0.1) is 0 Å². The number of nitrogens with one attached hydrogen (secondary N) is 2. The molecule has 2 aromatic rings. The second-order valence-corrected chi connectivity index (χ2v) is 9.87. The van der Waals surface area contributed by atoms with Gasteiger partial charge >= 0.3 is 0 Å². The normalized spacial score (nSPS) is 20.4. The minimum absolute atomic E-state index is 0.0567. The highest BCUT2D eigenvalue weighted by Gasteiger charge is 2.37. The van der Waals surface area contributed by atoms with Crippen molar-refractivity contribution in [3.8, 4) is 0 Å². The van der Waals surface area contributed by atoms with Gasteiger partial charge in [-0.15, -0.1) is 0 Å². The number of carbonyl (C=O) groups excluding carboxylic acids is 4. The quantitative estimate of drug-likeness (QED) is 0.549. The number of hydrogen-bond donors (Lipinski definition) is 2. The number of carbonyl (C=O) groups is 4. The molecule has 0 saturated carbocycles. The van der Waals surface area contributed by atoms with Crippen molar-refractivity contribution in [2.45, 2.75) is 44.8 Å². The summed E-state index contributed by atoms with van der Waals surface area (Å²) in [5, 5.41) is 5.30. The lowest BCUT2D eigenvalue weighted by molar-refractivity contribution is -0.137. The Labute approximate surface area is 216 Å². The summed E-state index contributed by atoms with van der Waals surface area (Å²) in [6, 6.07) is 13.1. The van der Waals surface area contributed by atoms with Crippen LogP contribution in [0.15, 0.2) is 42.5 Å². The Hall–Kier alpha value is -3.56. The van der Waals surface area contributed by atoms with Gasteiger partial charge in [-0.2, -0.15) is 0 Å². The Morgan fingerprint density at radius 3 is 2.43 bits per heavy atom. The molecule has 37 heavy (non-hydrogen) atoms. The third kappa shape index (κ3) is 6.06. The first kappa shape index (κ1) is 25.1. The minimum atomic E-state index is -0.606. The lowest BCUT2D eigenvalue weighted by Gasteiger charge is -2.36. The molecule has 0 spiro atoms. The predicted octanol–water partition coefficient (Wildman–Crippen LogP) is 1.18. The van der Waals surface area contributed by atoms with E-state index >= 15 is 0 Å². The van der Waals surface area contributed by atoms with Crippen LogP contribution in [-0.4, -0.2) is 72.3 Å². The highest BCUT2D eigenvalue weighted by molar-refractivity contribution is 6.04. The van der Waals surface area contributed by atoms with Crippen LogP contribution in [0.1, 0.15) is 45.5 Å². The number of imide groups is 1. The van der Waals surface area contributed by atoms with E-state index in [4.69, 9.17) is 4.74 Å². The van der Waals surface area contributed by atoms with Gasteiger partial charge < -0.3 is 15.0 Å². The Morgan fingerprint density at radius 2 is 1.68 bits per heavy atom. The zero-order valence-corrected chi connectivity index (χ0v) is 20.8. The second-order valence-electron chi connectivity index (χ2n) is 9.87. The molecule has 0 aliphatic carbocycles. The smallest absolute Gasteiger partial charge is 0.254 e. The molecule has 3 heterocycles. The molecular formula is C28H32N4O5. The van der Waals surface area contributed by atoms with E-state index in [9.17, 15) is 19.2 Å². The van der Waals surface area contributed by atoms with Crippen LogP contribution in [0.5, 0.6) is 0 Å². The summed E-state index contributed by atoms with van der Waals surface area (Å²) in [6.07, 6.45) is 1.52. The van der Waals surface area contributed by atoms with Crippen LogP contribution in [-0.2, 0) is 45.1 Å². The Morgan fingerprint density at radius 1 is 0.946 bits per heavy atom. The number of hydrogen-bond acceptors (Lipinski definition) is 6. The molecule has 0 bridgehead atoms. The van der Waals surface area contributed by atoms with Crippen molar-refractivity contribution < 1.29 is 23.9 Å². The van der Waals surface area contributed by atoms with Gasteiger partial charge in [-0.25, -0.2) is 0 Å². The lowest BCUT2D eigenvalue weighted by atomic mass is 9.93. The van der Waals surface area contributed by atoms with Crippen molar-refractivity contribution in [2.24, 2.45) is 0 Å². The fraction of sp³-hybridized carbons (Fsp3) is 0.429. The highest BCUT2D eigenvalue weighted by atomic mass is 16.5. The van der Waals surface area contributed by atoms with Gasteiger partial charge in [0.25, 0.3) is 5.91 Å². The number of benzene rings is 2. The van der Waals surface area contributed by atoms with Crippen LogP contribution in [0.4, 0.5) is 0 Å². The number of ether oxygens (including phenoxy) is 1. The summed E-state index contributed by atoms with van der Waals surface area (Å²) < 4.78 is 5.40. The van der Waals surface area contributed by atoms with Gasteiger partial charge in [-0.3, -0.25) is 29.4 Å². The third-order valence-corrected chi connectivity index (χ3v) is 7.26. The monoisotopic (exact) mass is 504 g/mol. The maximum absolute atomic E-state index is 13.0. The molecule has 3 aliphatic heterocycles. The molecule has 2 N–H and O–H groups in total. The lowest BCUT2D eigenvalue weighted by Crippen LogP contribution is -2.55. The fourth-order valence-corrected chi connectivity index (χ4v) is 5.18. The molecule has 0 aromatic heterocycles. The highest BCUT2D eigenvalue weighted by Crippen LogP contribution is 2.24. The molecule has 3 aliphatic rings. The van der Waals surface area contributed by atoms with Gasteiger partial charge in [-0.1, -0.05) is 36.4 Å². The van der Waals surface area contributed by atoms with Crippen molar-refractivity contribution in [2.75, 3.05) is 32.8 Å². The molecular weight excluding hydrogens is 472 g/mol. The van der Waals surface area contributed by atoms with Crippen molar-refractivity contribution in [1.29, 1.82) is 0 Å². The van der Waals surface area contributed by atoms with E-state index in [0.29, 0.717) is 37.9 Å². The van der Waals surface area contributed by atoms with Gasteiger partial charge in [0, 0.05) is 44.7 Å². The standard InChI is InChI=1S/C28H32N4O5/c33-25-8-7-24(27(35)30-25)32-10-9-22-15-21(5-6-23(22)28(32)36)17-29-26(34)16-19-1-3-20(4-2-19)18-31-11-13-37-14-12-31/h1-6,15,24H,7-14,16-18H2,(H,29,34)(H,30,33,35). The van der Waals surface area contributed by atoms with Gasteiger partial charge in [0.2, 0.25) is 17.7 Å². The SMILES string of the molecule is O=C(Cc1ccc(CN2CCOCC2)cc1)NCc1ccc2c(c1)CCN(C1CCC(=O)NC1=O)C2=O. The molecule has 1 atom stereocenters. The summed E-state index contributed by atoms with van der Waals surface area (Å²) in [6.45, 7) is 5.14. The minimum Gasteiger partial charge on any atom is -0.379 e. The van der Waals surface area contributed by atoms with E-state index in [2.05, 4.69) is 27.7 Å². The maximum Gasteiger partial charge on any atom is 0.254 e. The summed E-state index contributed by atoms with van der Waals surface area (Å²) in [5.74, 6) is -0.945. The Bertz CT molecular complexity index is 1190. The number of morpholine rings is 1. The van der Waals surface area contributed by atoms with E-state index in [-0.39, 0.29) is 24.1 Å². The van der Waals surface area contributed by atoms with Crippen LogP contribution >= 0.6 is 0 Å². The topological polar surface area (TPSA) is 108 Å². The van der Waals surface area contributed by atoms with Gasteiger partial charge in [0.05, 0.1) is 19.6 Å². The summed E-state index contributed by atoms with van der Waals surface area (Å²) in [7, 11) is 0. The van der Waals surface area contributed by atoms with E-state index < -0.39 is 11.9 Å². The Balaban J connectivity index is 1.12. The number of rotatable bonds is 7. The molecule has 194 valence electrons. The largest absolute Gasteiger partial charge is 0.379 e. The second kappa shape index (κ2) is 11.2. The zero-order chi connectivity index (χ0) is 25.8. The van der Waals surface area contributed by atoms with E-state index in [1.165, 1.54) is 5.56 Å². The van der Waals surface area contributed by atoms with Crippen LogP contribution < -0.4 is 10.6 Å². The van der Waals surface area contributed by atoms with Crippen LogP contribution in [0.2, 0.25) is 0 Å². The van der Waals surface area contributed by atoms with Crippen molar-refractivity contribution in [1.82, 2.24) is 20.4 Å². The molecule has 4 amide bonds. The van der Waals surface area contributed by atoms with E-state index in [1.807, 2.05) is 24.3 Å². The summed E-state index contributed by atoms with van der Waals surface area (Å²) in [5.41, 5.74) is 4.60. The summed E-state index contributed by atoms with van der Waals surface area (Å²) >= 11 is 0. The Kier molecular flexibility index (Phi) is 7.62. The van der Waals surface area contributed by atoms with E-state index in [1.54, 1.807) is 11.0 Å². The van der Waals surface area contributed by atoms with Crippen LogP contribution in [0.25, 0.3) is 0 Å². The van der Waals surface area contributed by atoms with E-state index in [0.717, 1.165) is 49.5 Å². The van der Waals surface area contributed by atoms with Crippen molar-refractivity contribution in [3.63, 3.8) is 0 Å². The average molecular weight is 505 g/mol. The average Bonchev–Trinajstić information content (AvgIpc) is 2.90. The van der Waals surface area contributed by atoms with Crippen molar-refractivity contribution >= 4 is 23.6 Å². The summed E-state index contributed by atoms with van der Waals surface area (Å²) in [4.78, 5) is 53.2. The molecule has 2 aromatic carbocycles.